The van der Waals surface area contributed by atoms with Crippen LogP contribution in [0.15, 0.2) is 29.3 Å². The third-order valence-corrected chi connectivity index (χ3v) is 6.46. The van der Waals surface area contributed by atoms with Crippen molar-refractivity contribution in [2.24, 2.45) is 12.0 Å². The van der Waals surface area contributed by atoms with Crippen LogP contribution in [-0.4, -0.2) is 64.5 Å². The first-order valence-corrected chi connectivity index (χ1v) is 11.6. The Morgan fingerprint density at radius 1 is 1.18 bits per heavy atom. The van der Waals surface area contributed by atoms with Gasteiger partial charge in [0.25, 0.3) is 0 Å². The van der Waals surface area contributed by atoms with Gasteiger partial charge in [0.2, 0.25) is 0 Å². The molecule has 4 rings (SSSR count). The number of morpholine rings is 1. The Balaban J connectivity index is 0.00000306. The number of guanidine groups is 1. The lowest BCUT2D eigenvalue weighted by Crippen LogP contribution is -2.48. The molecule has 2 aromatic rings. The van der Waals surface area contributed by atoms with Crippen LogP contribution in [-0.2, 0) is 18.3 Å². The number of ether oxygens (including phenoxy) is 1. The van der Waals surface area contributed by atoms with Crippen LogP contribution in [0.5, 0.6) is 0 Å². The molecule has 1 saturated carbocycles. The number of hydrogen-bond acceptors (Lipinski definition) is 5. The first kappa shape index (κ1) is 25.8. The van der Waals surface area contributed by atoms with Crippen LogP contribution in [0.1, 0.15) is 48.9 Å². The van der Waals surface area contributed by atoms with E-state index in [1.54, 1.807) is 0 Å². The number of rotatable bonds is 7. The quantitative estimate of drug-likeness (QED) is 0.303. The molecule has 2 aliphatic rings. The van der Waals surface area contributed by atoms with Crippen molar-refractivity contribution in [2.75, 3.05) is 32.8 Å². The Labute approximate surface area is 212 Å². The average molecular weight is 571 g/mol. The van der Waals surface area contributed by atoms with Gasteiger partial charge in [-0.1, -0.05) is 25.0 Å². The molecule has 1 aliphatic carbocycles. The summed E-state index contributed by atoms with van der Waals surface area (Å²) >= 11 is 0. The van der Waals surface area contributed by atoms with Crippen molar-refractivity contribution >= 4 is 29.9 Å². The largest absolute Gasteiger partial charge is 0.379 e. The number of benzene rings is 1. The SMILES string of the molecule is Cc1nnc(CN=C(NCC(c2ccc(F)cc2)N2CCOCC2)NC2CCCC2)n1C.I. The van der Waals surface area contributed by atoms with Crippen molar-refractivity contribution < 1.29 is 9.13 Å². The fourth-order valence-electron chi connectivity index (χ4n) is 4.38. The molecule has 10 heteroatoms. The van der Waals surface area contributed by atoms with Gasteiger partial charge >= 0.3 is 0 Å². The Morgan fingerprint density at radius 3 is 2.52 bits per heavy atom. The zero-order valence-electron chi connectivity index (χ0n) is 19.5. The molecule has 2 fully saturated rings. The highest BCUT2D eigenvalue weighted by molar-refractivity contribution is 14.0. The molecule has 1 atom stereocenters. The lowest BCUT2D eigenvalue weighted by Gasteiger charge is -2.35. The zero-order valence-corrected chi connectivity index (χ0v) is 21.8. The van der Waals surface area contributed by atoms with E-state index in [9.17, 15) is 4.39 Å². The Hall–Kier alpha value is -1.79. The van der Waals surface area contributed by atoms with E-state index < -0.39 is 0 Å². The molecular weight excluding hydrogens is 536 g/mol. The van der Waals surface area contributed by atoms with Crippen molar-refractivity contribution in [2.45, 2.75) is 51.2 Å². The number of aromatic nitrogens is 3. The molecule has 0 bridgehead atoms. The number of aryl methyl sites for hydroxylation is 1. The summed E-state index contributed by atoms with van der Waals surface area (Å²) < 4.78 is 21.0. The molecule has 2 heterocycles. The number of aliphatic imine (C=N–C) groups is 1. The van der Waals surface area contributed by atoms with Crippen LogP contribution in [0.2, 0.25) is 0 Å². The molecule has 0 spiro atoms. The lowest BCUT2D eigenvalue weighted by molar-refractivity contribution is 0.0169. The average Bonchev–Trinajstić information content (AvgIpc) is 3.44. The van der Waals surface area contributed by atoms with E-state index in [2.05, 4.69) is 25.7 Å². The standard InChI is InChI=1S/C23H34FN7O.HI/c1-17-28-29-22(30(17)2)16-26-23(27-20-5-3-4-6-20)25-15-21(31-11-13-32-14-12-31)18-7-9-19(24)10-8-18;/h7-10,20-21H,3-6,11-16H2,1-2H3,(H2,25,26,27);1H. The molecule has 0 amide bonds. The van der Waals surface area contributed by atoms with Crippen molar-refractivity contribution in [3.05, 3.63) is 47.3 Å². The number of nitrogens with one attached hydrogen (secondary N) is 2. The molecule has 2 N–H and O–H groups in total. The second kappa shape index (κ2) is 12.6. The van der Waals surface area contributed by atoms with Gasteiger partial charge in [-0.25, -0.2) is 9.38 Å². The molecule has 0 radical (unpaired) electrons. The van der Waals surface area contributed by atoms with Crippen LogP contribution in [0, 0.1) is 12.7 Å². The van der Waals surface area contributed by atoms with Gasteiger partial charge in [0.1, 0.15) is 18.2 Å². The van der Waals surface area contributed by atoms with Gasteiger partial charge in [0, 0.05) is 32.7 Å². The summed E-state index contributed by atoms with van der Waals surface area (Å²) in [6.45, 7) is 6.19. The second-order valence-corrected chi connectivity index (χ2v) is 8.61. The van der Waals surface area contributed by atoms with Gasteiger partial charge in [-0.15, -0.1) is 34.2 Å². The first-order valence-electron chi connectivity index (χ1n) is 11.6. The highest BCUT2D eigenvalue weighted by Crippen LogP contribution is 2.22. The summed E-state index contributed by atoms with van der Waals surface area (Å²) in [6, 6.07) is 7.36. The smallest absolute Gasteiger partial charge is 0.191 e. The van der Waals surface area contributed by atoms with Gasteiger partial charge in [-0.05, 0) is 37.5 Å². The minimum atomic E-state index is -0.216. The van der Waals surface area contributed by atoms with Crippen LogP contribution >= 0.6 is 24.0 Å². The maximum absolute atomic E-state index is 13.5. The van der Waals surface area contributed by atoms with Gasteiger partial charge in [-0.2, -0.15) is 0 Å². The van der Waals surface area contributed by atoms with Crippen LogP contribution in [0.3, 0.4) is 0 Å². The highest BCUT2D eigenvalue weighted by Gasteiger charge is 2.24. The predicted molar refractivity (Wildman–Crippen MR) is 137 cm³/mol. The van der Waals surface area contributed by atoms with E-state index >= 15 is 0 Å². The molecule has 8 nitrogen and oxygen atoms in total. The number of halogens is 2. The maximum Gasteiger partial charge on any atom is 0.191 e. The van der Waals surface area contributed by atoms with Crippen LogP contribution in [0.25, 0.3) is 0 Å². The number of nitrogens with zero attached hydrogens (tertiary/aromatic N) is 5. The fourth-order valence-corrected chi connectivity index (χ4v) is 4.38. The topological polar surface area (TPSA) is 79.6 Å². The van der Waals surface area contributed by atoms with Gasteiger partial charge in [-0.3, -0.25) is 4.90 Å². The van der Waals surface area contributed by atoms with Crippen LogP contribution < -0.4 is 10.6 Å². The number of hydrogen-bond donors (Lipinski definition) is 2. The van der Waals surface area contributed by atoms with Crippen molar-refractivity contribution in [3.63, 3.8) is 0 Å². The van der Waals surface area contributed by atoms with Gasteiger partial charge < -0.3 is 19.9 Å². The van der Waals surface area contributed by atoms with Crippen molar-refractivity contribution in [1.29, 1.82) is 0 Å². The molecule has 1 saturated heterocycles. The van der Waals surface area contributed by atoms with E-state index in [-0.39, 0.29) is 35.8 Å². The molecule has 1 aromatic carbocycles. The van der Waals surface area contributed by atoms with Gasteiger partial charge in [0.05, 0.1) is 19.3 Å². The zero-order chi connectivity index (χ0) is 22.3. The Kier molecular flexibility index (Phi) is 9.87. The first-order chi connectivity index (χ1) is 15.6. The lowest BCUT2D eigenvalue weighted by atomic mass is 10.0. The van der Waals surface area contributed by atoms with Crippen LogP contribution in [0.4, 0.5) is 4.39 Å². The summed E-state index contributed by atoms with van der Waals surface area (Å²) in [4.78, 5) is 7.22. The Bertz CT molecular complexity index is 893. The summed E-state index contributed by atoms with van der Waals surface area (Å²) in [6.07, 6.45) is 4.82. The third kappa shape index (κ3) is 7.10. The van der Waals surface area contributed by atoms with Gasteiger partial charge in [0.15, 0.2) is 11.8 Å². The summed E-state index contributed by atoms with van der Waals surface area (Å²) in [7, 11) is 1.96. The molecule has 182 valence electrons. The van der Waals surface area contributed by atoms with Crippen molar-refractivity contribution in [3.8, 4) is 0 Å². The van der Waals surface area contributed by atoms with E-state index in [4.69, 9.17) is 9.73 Å². The normalized spacial score (nSPS) is 18.7. The van der Waals surface area contributed by atoms with E-state index in [1.165, 1.54) is 25.0 Å². The van der Waals surface area contributed by atoms with E-state index in [0.717, 1.165) is 49.1 Å². The second-order valence-electron chi connectivity index (χ2n) is 8.61. The molecule has 1 aliphatic heterocycles. The molecule has 33 heavy (non-hydrogen) atoms. The maximum atomic E-state index is 13.5. The molecule has 1 unspecified atom stereocenters. The van der Waals surface area contributed by atoms with E-state index in [0.29, 0.717) is 32.3 Å². The fraction of sp³-hybridized carbons (Fsp3) is 0.609. The molecular formula is C23H35FIN7O. The van der Waals surface area contributed by atoms with E-state index in [1.807, 2.05) is 30.7 Å². The predicted octanol–water partition coefficient (Wildman–Crippen LogP) is 2.93. The summed E-state index contributed by atoms with van der Waals surface area (Å²) in [5.74, 6) is 2.28. The summed E-state index contributed by atoms with van der Waals surface area (Å²) in [5, 5.41) is 15.5. The third-order valence-electron chi connectivity index (χ3n) is 6.46. The Morgan fingerprint density at radius 2 is 1.88 bits per heavy atom. The highest BCUT2D eigenvalue weighted by atomic mass is 127. The molecule has 1 aromatic heterocycles. The minimum absolute atomic E-state index is 0. The van der Waals surface area contributed by atoms with Crippen molar-refractivity contribution in [1.82, 2.24) is 30.3 Å². The summed E-state index contributed by atoms with van der Waals surface area (Å²) in [5.41, 5.74) is 1.09. The monoisotopic (exact) mass is 571 g/mol. The minimum Gasteiger partial charge on any atom is -0.379 e.